The molecule has 2 unspecified atom stereocenters. The molecule has 0 amide bonds. The molecule has 2 atom stereocenters. The molecule has 0 aromatic carbocycles. The number of hydrogen-bond donors (Lipinski definition) is 3. The van der Waals surface area contributed by atoms with Crippen molar-refractivity contribution in [1.29, 1.82) is 0 Å². The smallest absolute Gasteiger partial charge is 0.0808 e. The van der Waals surface area contributed by atoms with Gasteiger partial charge in [0.25, 0.3) is 0 Å². The van der Waals surface area contributed by atoms with E-state index in [4.69, 9.17) is 20.1 Å². The van der Waals surface area contributed by atoms with Crippen molar-refractivity contribution in [2.75, 3.05) is 20.3 Å². The summed E-state index contributed by atoms with van der Waals surface area (Å²) in [5.74, 6) is 0. The Morgan fingerprint density at radius 2 is 2.00 bits per heavy atom. The fourth-order valence-corrected chi connectivity index (χ4v) is 0.936. The SMILES string of the molecule is CO.OCC1CCC(O)CO1. The van der Waals surface area contributed by atoms with E-state index in [-0.39, 0.29) is 18.8 Å². The Labute approximate surface area is 66.4 Å². The van der Waals surface area contributed by atoms with E-state index in [9.17, 15) is 0 Å². The maximum absolute atomic E-state index is 8.92. The quantitative estimate of drug-likeness (QED) is 0.471. The minimum absolute atomic E-state index is 0.0339. The molecular formula is C7H16O4. The van der Waals surface area contributed by atoms with Crippen LogP contribution in [0.25, 0.3) is 0 Å². The average molecular weight is 164 g/mol. The summed E-state index contributed by atoms with van der Waals surface area (Å²) in [6, 6.07) is 0. The predicted octanol–water partition coefficient (Wildman–Crippen LogP) is -0.873. The molecule has 0 bridgehead atoms. The van der Waals surface area contributed by atoms with Crippen LogP contribution in [-0.4, -0.2) is 47.9 Å². The fraction of sp³-hybridized carbons (Fsp3) is 1.00. The molecule has 0 spiro atoms. The van der Waals surface area contributed by atoms with Gasteiger partial charge in [-0.3, -0.25) is 0 Å². The Hall–Kier alpha value is -0.160. The Bertz CT molecular complexity index is 78.5. The maximum atomic E-state index is 8.92. The monoisotopic (exact) mass is 164 g/mol. The topological polar surface area (TPSA) is 69.9 Å². The number of ether oxygens (including phenoxy) is 1. The summed E-state index contributed by atoms with van der Waals surface area (Å²) in [6.07, 6.45) is 1.18. The summed E-state index contributed by atoms with van der Waals surface area (Å²) in [6.45, 7) is 0.456. The minimum atomic E-state index is -0.312. The molecule has 1 heterocycles. The van der Waals surface area contributed by atoms with Gasteiger partial charge < -0.3 is 20.1 Å². The van der Waals surface area contributed by atoms with Gasteiger partial charge in [-0.15, -0.1) is 0 Å². The maximum Gasteiger partial charge on any atom is 0.0808 e. The third-order valence-corrected chi connectivity index (χ3v) is 1.55. The first-order chi connectivity index (χ1) is 5.33. The van der Waals surface area contributed by atoms with Crippen LogP contribution in [0.5, 0.6) is 0 Å². The van der Waals surface area contributed by atoms with Crippen molar-refractivity contribution in [2.24, 2.45) is 0 Å². The summed E-state index contributed by atoms with van der Waals surface area (Å²) >= 11 is 0. The van der Waals surface area contributed by atoms with Crippen molar-refractivity contribution in [3.63, 3.8) is 0 Å². The van der Waals surface area contributed by atoms with E-state index < -0.39 is 0 Å². The van der Waals surface area contributed by atoms with Crippen molar-refractivity contribution >= 4 is 0 Å². The van der Waals surface area contributed by atoms with Gasteiger partial charge in [0.05, 0.1) is 25.4 Å². The molecule has 68 valence electrons. The zero-order valence-electron chi connectivity index (χ0n) is 6.73. The molecule has 0 radical (unpaired) electrons. The van der Waals surface area contributed by atoms with Crippen LogP contribution in [0.1, 0.15) is 12.8 Å². The van der Waals surface area contributed by atoms with Gasteiger partial charge >= 0.3 is 0 Å². The van der Waals surface area contributed by atoms with Gasteiger partial charge in [-0.25, -0.2) is 0 Å². The minimum Gasteiger partial charge on any atom is -0.400 e. The van der Waals surface area contributed by atoms with Gasteiger partial charge in [0.2, 0.25) is 0 Å². The summed E-state index contributed by atoms with van der Waals surface area (Å²) in [5, 5.41) is 24.5. The highest BCUT2D eigenvalue weighted by Gasteiger charge is 2.18. The molecule has 0 aromatic rings. The lowest BCUT2D eigenvalue weighted by atomic mass is 10.1. The Balaban J connectivity index is 0.000000461. The Kier molecular flexibility index (Phi) is 6.45. The number of aliphatic hydroxyl groups excluding tert-OH is 3. The number of hydrogen-bond acceptors (Lipinski definition) is 4. The lowest BCUT2D eigenvalue weighted by Gasteiger charge is -2.24. The van der Waals surface area contributed by atoms with Crippen LogP contribution < -0.4 is 0 Å². The Morgan fingerprint density at radius 3 is 2.36 bits per heavy atom. The third-order valence-electron chi connectivity index (χ3n) is 1.55. The largest absolute Gasteiger partial charge is 0.400 e. The van der Waals surface area contributed by atoms with Crippen LogP contribution >= 0.6 is 0 Å². The van der Waals surface area contributed by atoms with Crippen LogP contribution in [0.3, 0.4) is 0 Å². The van der Waals surface area contributed by atoms with E-state index in [1.54, 1.807) is 0 Å². The highest BCUT2D eigenvalue weighted by atomic mass is 16.5. The van der Waals surface area contributed by atoms with Crippen molar-refractivity contribution in [1.82, 2.24) is 0 Å². The first kappa shape index (κ1) is 10.8. The van der Waals surface area contributed by atoms with E-state index in [0.29, 0.717) is 6.61 Å². The second kappa shape index (κ2) is 6.54. The zero-order chi connectivity index (χ0) is 8.69. The molecule has 0 saturated carbocycles. The molecule has 11 heavy (non-hydrogen) atoms. The van der Waals surface area contributed by atoms with Gasteiger partial charge in [-0.1, -0.05) is 0 Å². The predicted molar refractivity (Wildman–Crippen MR) is 40.2 cm³/mol. The first-order valence-corrected chi connectivity index (χ1v) is 3.68. The van der Waals surface area contributed by atoms with Crippen LogP contribution in [-0.2, 0) is 4.74 Å². The van der Waals surface area contributed by atoms with Crippen LogP contribution in [0.4, 0.5) is 0 Å². The fourth-order valence-electron chi connectivity index (χ4n) is 0.936. The van der Waals surface area contributed by atoms with E-state index in [2.05, 4.69) is 0 Å². The van der Waals surface area contributed by atoms with E-state index >= 15 is 0 Å². The summed E-state index contributed by atoms with van der Waals surface area (Å²) in [4.78, 5) is 0. The molecule has 1 aliphatic rings. The van der Waals surface area contributed by atoms with Gasteiger partial charge in [0.1, 0.15) is 0 Å². The van der Waals surface area contributed by atoms with Gasteiger partial charge in [-0.2, -0.15) is 0 Å². The standard InChI is InChI=1S/C6H12O3.CH4O/c7-3-6-2-1-5(8)4-9-6;1-2/h5-8H,1-4H2;2H,1H3. The first-order valence-electron chi connectivity index (χ1n) is 3.68. The van der Waals surface area contributed by atoms with Gasteiger partial charge in [0.15, 0.2) is 0 Å². The number of rotatable bonds is 1. The molecule has 1 rings (SSSR count). The van der Waals surface area contributed by atoms with E-state index in [0.717, 1.165) is 20.0 Å². The van der Waals surface area contributed by atoms with E-state index in [1.807, 2.05) is 0 Å². The second-order valence-electron chi connectivity index (χ2n) is 2.37. The third kappa shape index (κ3) is 4.31. The molecule has 0 aliphatic carbocycles. The highest BCUT2D eigenvalue weighted by Crippen LogP contribution is 2.11. The molecule has 4 heteroatoms. The molecule has 3 N–H and O–H groups in total. The van der Waals surface area contributed by atoms with Gasteiger partial charge in [-0.05, 0) is 12.8 Å². The van der Waals surface area contributed by atoms with Crippen LogP contribution in [0.15, 0.2) is 0 Å². The normalized spacial score (nSPS) is 30.5. The summed E-state index contributed by atoms with van der Waals surface area (Å²) in [7, 11) is 1.00. The molecule has 4 nitrogen and oxygen atoms in total. The van der Waals surface area contributed by atoms with Crippen molar-refractivity contribution in [3.05, 3.63) is 0 Å². The molecule has 1 fully saturated rings. The summed E-state index contributed by atoms with van der Waals surface area (Å²) in [5.41, 5.74) is 0. The molecule has 1 saturated heterocycles. The molecular weight excluding hydrogens is 148 g/mol. The molecule has 1 aliphatic heterocycles. The van der Waals surface area contributed by atoms with Crippen LogP contribution in [0, 0.1) is 0 Å². The number of aliphatic hydroxyl groups is 3. The van der Waals surface area contributed by atoms with Crippen LogP contribution in [0.2, 0.25) is 0 Å². The summed E-state index contributed by atoms with van der Waals surface area (Å²) < 4.78 is 5.04. The van der Waals surface area contributed by atoms with E-state index in [1.165, 1.54) is 0 Å². The lowest BCUT2D eigenvalue weighted by Crippen LogP contribution is -2.31. The van der Waals surface area contributed by atoms with Crippen molar-refractivity contribution in [2.45, 2.75) is 25.0 Å². The highest BCUT2D eigenvalue weighted by molar-refractivity contribution is 4.67. The Morgan fingerprint density at radius 1 is 1.36 bits per heavy atom. The lowest BCUT2D eigenvalue weighted by molar-refractivity contribution is -0.0733. The second-order valence-corrected chi connectivity index (χ2v) is 2.37. The van der Waals surface area contributed by atoms with Crippen molar-refractivity contribution in [3.8, 4) is 0 Å². The zero-order valence-corrected chi connectivity index (χ0v) is 6.73. The molecule has 0 aromatic heterocycles. The van der Waals surface area contributed by atoms with Crippen molar-refractivity contribution < 1.29 is 20.1 Å². The average Bonchev–Trinajstić information content (AvgIpc) is 2.10. The van der Waals surface area contributed by atoms with Gasteiger partial charge in [0, 0.05) is 7.11 Å².